The van der Waals surface area contributed by atoms with Gasteiger partial charge in [0.1, 0.15) is 0 Å². The van der Waals surface area contributed by atoms with Crippen LogP contribution in [0.15, 0.2) is 18.2 Å². The quantitative estimate of drug-likeness (QED) is 0.751. The minimum absolute atomic E-state index is 0.165. The zero-order valence-corrected chi connectivity index (χ0v) is 9.70. The van der Waals surface area contributed by atoms with Crippen LogP contribution in [0.1, 0.15) is 28.4 Å². The SMILES string of the molecule is CC(=O)NCC#Cc1ccc(C)cc1C(=O)O. The summed E-state index contributed by atoms with van der Waals surface area (Å²) < 4.78 is 0. The largest absolute Gasteiger partial charge is 0.478 e. The van der Waals surface area contributed by atoms with E-state index in [1.165, 1.54) is 6.92 Å². The fourth-order valence-corrected chi connectivity index (χ4v) is 1.25. The lowest BCUT2D eigenvalue weighted by Crippen LogP contribution is -2.19. The van der Waals surface area contributed by atoms with Crippen LogP contribution in [0, 0.1) is 18.8 Å². The minimum Gasteiger partial charge on any atom is -0.478 e. The molecule has 0 aliphatic rings. The second-order valence-corrected chi connectivity index (χ2v) is 3.57. The van der Waals surface area contributed by atoms with Crippen molar-refractivity contribution in [1.82, 2.24) is 5.32 Å². The lowest BCUT2D eigenvalue weighted by Gasteiger charge is -2.00. The highest BCUT2D eigenvalue weighted by Crippen LogP contribution is 2.10. The maximum Gasteiger partial charge on any atom is 0.336 e. The van der Waals surface area contributed by atoms with Gasteiger partial charge in [-0.2, -0.15) is 0 Å². The number of carbonyl (C=O) groups excluding carboxylic acids is 1. The van der Waals surface area contributed by atoms with E-state index in [-0.39, 0.29) is 18.0 Å². The second-order valence-electron chi connectivity index (χ2n) is 3.57. The summed E-state index contributed by atoms with van der Waals surface area (Å²) in [5.41, 5.74) is 1.50. The Kier molecular flexibility index (Phi) is 4.29. The molecule has 0 saturated heterocycles. The van der Waals surface area contributed by atoms with Gasteiger partial charge in [-0.05, 0) is 19.1 Å². The fraction of sp³-hybridized carbons (Fsp3) is 0.231. The lowest BCUT2D eigenvalue weighted by molar-refractivity contribution is -0.118. The molecule has 0 spiro atoms. The van der Waals surface area contributed by atoms with E-state index in [0.717, 1.165) is 5.56 Å². The number of carboxylic acids is 1. The summed E-state index contributed by atoms with van der Waals surface area (Å²) in [6, 6.07) is 5.04. The van der Waals surface area contributed by atoms with Gasteiger partial charge in [0, 0.05) is 12.5 Å². The molecule has 17 heavy (non-hydrogen) atoms. The molecule has 0 bridgehead atoms. The van der Waals surface area contributed by atoms with E-state index in [2.05, 4.69) is 17.2 Å². The monoisotopic (exact) mass is 231 g/mol. The van der Waals surface area contributed by atoms with Crippen molar-refractivity contribution in [2.75, 3.05) is 6.54 Å². The summed E-state index contributed by atoms with van der Waals surface area (Å²) in [5, 5.41) is 11.5. The Labute approximate surface area is 99.7 Å². The fourth-order valence-electron chi connectivity index (χ4n) is 1.25. The van der Waals surface area contributed by atoms with Crippen molar-refractivity contribution in [2.45, 2.75) is 13.8 Å². The van der Waals surface area contributed by atoms with Crippen molar-refractivity contribution < 1.29 is 14.7 Å². The Morgan fingerprint density at radius 3 is 2.71 bits per heavy atom. The van der Waals surface area contributed by atoms with Crippen LogP contribution in [0.3, 0.4) is 0 Å². The first-order chi connectivity index (χ1) is 8.00. The van der Waals surface area contributed by atoms with Crippen molar-refractivity contribution in [3.05, 3.63) is 34.9 Å². The molecule has 1 amide bonds. The Morgan fingerprint density at radius 1 is 1.41 bits per heavy atom. The number of nitrogens with one attached hydrogen (secondary N) is 1. The van der Waals surface area contributed by atoms with Crippen LogP contribution in [0.25, 0.3) is 0 Å². The summed E-state index contributed by atoms with van der Waals surface area (Å²) in [5.74, 6) is 4.27. The first-order valence-electron chi connectivity index (χ1n) is 5.08. The summed E-state index contributed by atoms with van der Waals surface area (Å²) in [4.78, 5) is 21.6. The molecule has 2 N–H and O–H groups in total. The molecule has 0 saturated carbocycles. The van der Waals surface area contributed by atoms with Gasteiger partial charge in [0.2, 0.25) is 5.91 Å². The van der Waals surface area contributed by atoms with E-state index >= 15 is 0 Å². The molecule has 1 aromatic carbocycles. The van der Waals surface area contributed by atoms with E-state index in [4.69, 9.17) is 5.11 Å². The number of carbonyl (C=O) groups is 2. The van der Waals surface area contributed by atoms with E-state index < -0.39 is 5.97 Å². The van der Waals surface area contributed by atoms with E-state index in [9.17, 15) is 9.59 Å². The van der Waals surface area contributed by atoms with E-state index in [0.29, 0.717) is 5.56 Å². The standard InChI is InChI=1S/C13H13NO3/c1-9-5-6-11(12(8-9)13(16)17)4-3-7-14-10(2)15/h5-6,8H,7H2,1-2H3,(H,14,15)(H,16,17). The molecule has 0 fully saturated rings. The first-order valence-corrected chi connectivity index (χ1v) is 5.08. The second kappa shape index (κ2) is 5.71. The highest BCUT2D eigenvalue weighted by Gasteiger charge is 2.07. The number of rotatable bonds is 2. The maximum absolute atomic E-state index is 11.0. The molecule has 0 aliphatic heterocycles. The molecule has 4 nitrogen and oxygen atoms in total. The van der Waals surface area contributed by atoms with Crippen molar-refractivity contribution >= 4 is 11.9 Å². The molecule has 1 aromatic rings. The molecule has 0 aromatic heterocycles. The Balaban J connectivity index is 2.90. The third kappa shape index (κ3) is 3.99. The highest BCUT2D eigenvalue weighted by molar-refractivity contribution is 5.91. The predicted octanol–water partition coefficient (Wildman–Crippen LogP) is 1.18. The molecule has 88 valence electrons. The highest BCUT2D eigenvalue weighted by atomic mass is 16.4. The number of hydrogen-bond acceptors (Lipinski definition) is 2. The van der Waals surface area contributed by atoms with Crippen LogP contribution in [-0.2, 0) is 4.79 Å². The topological polar surface area (TPSA) is 66.4 Å². The van der Waals surface area contributed by atoms with Gasteiger partial charge >= 0.3 is 5.97 Å². The van der Waals surface area contributed by atoms with Crippen LogP contribution in [0.5, 0.6) is 0 Å². The van der Waals surface area contributed by atoms with Gasteiger partial charge in [-0.25, -0.2) is 4.79 Å². The smallest absolute Gasteiger partial charge is 0.336 e. The van der Waals surface area contributed by atoms with Crippen LogP contribution >= 0.6 is 0 Å². The molecular formula is C13H13NO3. The van der Waals surface area contributed by atoms with Crippen LogP contribution in [0.4, 0.5) is 0 Å². The summed E-state index contributed by atoms with van der Waals surface area (Å²) >= 11 is 0. The maximum atomic E-state index is 11.0. The number of aryl methyl sites for hydroxylation is 1. The average Bonchev–Trinajstić information content (AvgIpc) is 2.25. The van der Waals surface area contributed by atoms with Crippen molar-refractivity contribution in [2.24, 2.45) is 0 Å². The van der Waals surface area contributed by atoms with Gasteiger partial charge in [0.05, 0.1) is 12.1 Å². The van der Waals surface area contributed by atoms with Crippen LogP contribution < -0.4 is 5.32 Å². The molecule has 1 rings (SSSR count). The van der Waals surface area contributed by atoms with Gasteiger partial charge in [-0.15, -0.1) is 0 Å². The molecule has 0 unspecified atom stereocenters. The zero-order chi connectivity index (χ0) is 12.8. The predicted molar refractivity (Wildman–Crippen MR) is 63.7 cm³/mol. The molecule has 0 radical (unpaired) electrons. The molecule has 0 heterocycles. The average molecular weight is 231 g/mol. The van der Waals surface area contributed by atoms with E-state index in [1.54, 1.807) is 18.2 Å². The minimum atomic E-state index is -1.00. The van der Waals surface area contributed by atoms with Crippen LogP contribution in [-0.4, -0.2) is 23.5 Å². The van der Waals surface area contributed by atoms with Gasteiger partial charge in [0.25, 0.3) is 0 Å². The Hall–Kier alpha value is -2.28. The molecule has 4 heteroatoms. The van der Waals surface area contributed by atoms with Gasteiger partial charge < -0.3 is 10.4 Å². The number of hydrogen-bond donors (Lipinski definition) is 2. The van der Waals surface area contributed by atoms with Gasteiger partial charge in [-0.1, -0.05) is 23.5 Å². The summed E-state index contributed by atoms with van der Waals surface area (Å²) in [6.45, 7) is 3.43. The van der Waals surface area contributed by atoms with Crippen molar-refractivity contribution in [3.63, 3.8) is 0 Å². The number of aromatic carboxylic acids is 1. The number of carboxylic acid groups (broad SMARTS) is 1. The molecular weight excluding hydrogens is 218 g/mol. The van der Waals surface area contributed by atoms with Crippen molar-refractivity contribution in [1.29, 1.82) is 0 Å². The van der Waals surface area contributed by atoms with Crippen molar-refractivity contribution in [3.8, 4) is 11.8 Å². The summed E-state index contributed by atoms with van der Waals surface area (Å²) in [6.07, 6.45) is 0. The lowest BCUT2D eigenvalue weighted by atomic mass is 10.1. The third-order valence-corrected chi connectivity index (χ3v) is 2.05. The Morgan fingerprint density at radius 2 is 2.12 bits per heavy atom. The molecule has 0 aliphatic carbocycles. The van der Waals surface area contributed by atoms with Gasteiger partial charge in [-0.3, -0.25) is 4.79 Å². The van der Waals surface area contributed by atoms with E-state index in [1.807, 2.05) is 6.92 Å². The Bertz CT molecular complexity index is 509. The van der Waals surface area contributed by atoms with Crippen LogP contribution in [0.2, 0.25) is 0 Å². The number of benzene rings is 1. The molecule has 0 atom stereocenters. The first kappa shape index (κ1) is 12.8. The zero-order valence-electron chi connectivity index (χ0n) is 9.70. The third-order valence-electron chi connectivity index (χ3n) is 2.05. The normalized spacial score (nSPS) is 9.06. The number of amides is 1. The van der Waals surface area contributed by atoms with Gasteiger partial charge in [0.15, 0.2) is 0 Å². The summed E-state index contributed by atoms with van der Waals surface area (Å²) in [7, 11) is 0.